The van der Waals surface area contributed by atoms with Gasteiger partial charge in [-0.3, -0.25) is 0 Å². The van der Waals surface area contributed by atoms with Crippen LogP contribution in [0.5, 0.6) is 0 Å². The number of ether oxygens (including phenoxy) is 1. The zero-order valence-corrected chi connectivity index (χ0v) is 16.1. The standard InChI is InChI=1S/C16H24BrClN2O2/c1-15(2,3)22-14(21)20-16(4,5)10-19-9-11-8-12(17)6-7-13(11)18/h6-8,19H,9-10H2,1-5H3,(H,20,21). The molecule has 0 aliphatic carbocycles. The van der Waals surface area contributed by atoms with Crippen molar-refractivity contribution in [3.05, 3.63) is 33.3 Å². The van der Waals surface area contributed by atoms with Crippen molar-refractivity contribution in [3.63, 3.8) is 0 Å². The molecule has 0 fully saturated rings. The van der Waals surface area contributed by atoms with Crippen LogP contribution >= 0.6 is 27.5 Å². The summed E-state index contributed by atoms with van der Waals surface area (Å²) < 4.78 is 6.25. The monoisotopic (exact) mass is 390 g/mol. The van der Waals surface area contributed by atoms with E-state index >= 15 is 0 Å². The molecule has 0 saturated carbocycles. The lowest BCUT2D eigenvalue weighted by molar-refractivity contribution is 0.0472. The summed E-state index contributed by atoms with van der Waals surface area (Å²) in [6.45, 7) is 10.6. The molecule has 1 amide bonds. The highest BCUT2D eigenvalue weighted by Crippen LogP contribution is 2.20. The Balaban J connectivity index is 2.48. The number of hydrogen-bond acceptors (Lipinski definition) is 3. The van der Waals surface area contributed by atoms with E-state index < -0.39 is 17.2 Å². The molecule has 0 unspecified atom stereocenters. The van der Waals surface area contributed by atoms with E-state index in [-0.39, 0.29) is 0 Å². The van der Waals surface area contributed by atoms with E-state index in [0.29, 0.717) is 18.1 Å². The third-order valence-electron chi connectivity index (χ3n) is 2.73. The first kappa shape index (κ1) is 19.3. The Hall–Kier alpha value is -0.780. The zero-order chi connectivity index (χ0) is 17.0. The Bertz CT molecular complexity index is 527. The number of nitrogens with one attached hydrogen (secondary N) is 2. The Morgan fingerprint density at radius 2 is 1.91 bits per heavy atom. The molecule has 1 rings (SSSR count). The van der Waals surface area contributed by atoms with Crippen molar-refractivity contribution < 1.29 is 9.53 Å². The fraction of sp³-hybridized carbons (Fsp3) is 0.562. The van der Waals surface area contributed by atoms with Crippen molar-refractivity contribution in [1.29, 1.82) is 0 Å². The summed E-state index contributed by atoms with van der Waals surface area (Å²) in [6, 6.07) is 5.73. The molecule has 0 bridgehead atoms. The molecule has 0 aliphatic rings. The molecular weight excluding hydrogens is 368 g/mol. The maximum absolute atomic E-state index is 11.8. The van der Waals surface area contributed by atoms with Crippen molar-refractivity contribution in [2.24, 2.45) is 0 Å². The van der Waals surface area contributed by atoms with Gasteiger partial charge in [0.2, 0.25) is 0 Å². The van der Waals surface area contributed by atoms with Crippen LogP contribution < -0.4 is 10.6 Å². The van der Waals surface area contributed by atoms with Gasteiger partial charge in [0.1, 0.15) is 5.60 Å². The topological polar surface area (TPSA) is 50.4 Å². The molecule has 1 aromatic carbocycles. The minimum atomic E-state index is -0.503. The van der Waals surface area contributed by atoms with E-state index in [9.17, 15) is 4.79 Å². The van der Waals surface area contributed by atoms with Crippen LogP contribution in [0.4, 0.5) is 4.79 Å². The maximum Gasteiger partial charge on any atom is 0.408 e. The first-order valence-corrected chi connectivity index (χ1v) is 8.31. The number of carbonyl (C=O) groups is 1. The Labute approximate surface area is 146 Å². The van der Waals surface area contributed by atoms with Gasteiger partial charge in [0.05, 0.1) is 5.54 Å². The Kier molecular flexibility index (Phi) is 6.71. The average Bonchev–Trinajstić information content (AvgIpc) is 2.30. The molecule has 0 heterocycles. The van der Waals surface area contributed by atoms with Gasteiger partial charge >= 0.3 is 6.09 Å². The summed E-state index contributed by atoms with van der Waals surface area (Å²) in [5.41, 5.74) is 0.0715. The van der Waals surface area contributed by atoms with Crippen molar-refractivity contribution in [1.82, 2.24) is 10.6 Å². The third kappa shape index (κ3) is 7.47. The van der Waals surface area contributed by atoms with Crippen molar-refractivity contribution >= 4 is 33.6 Å². The number of alkyl carbamates (subject to hydrolysis) is 1. The fourth-order valence-electron chi connectivity index (χ4n) is 1.81. The Morgan fingerprint density at radius 1 is 1.27 bits per heavy atom. The highest BCUT2D eigenvalue weighted by Gasteiger charge is 2.24. The molecule has 1 aromatic rings. The van der Waals surface area contributed by atoms with E-state index in [1.54, 1.807) is 0 Å². The van der Waals surface area contributed by atoms with Crippen LogP contribution in [-0.4, -0.2) is 23.8 Å². The second-order valence-electron chi connectivity index (χ2n) is 6.85. The Morgan fingerprint density at radius 3 is 2.50 bits per heavy atom. The van der Waals surface area contributed by atoms with Crippen LogP contribution in [0.15, 0.2) is 22.7 Å². The molecule has 0 saturated heterocycles. The van der Waals surface area contributed by atoms with Crippen LogP contribution in [0.3, 0.4) is 0 Å². The largest absolute Gasteiger partial charge is 0.444 e. The maximum atomic E-state index is 11.8. The van der Waals surface area contributed by atoms with Crippen molar-refractivity contribution in [3.8, 4) is 0 Å². The number of carbonyl (C=O) groups excluding carboxylic acids is 1. The lowest BCUT2D eigenvalue weighted by Gasteiger charge is -2.29. The molecular formula is C16H24BrClN2O2. The molecule has 124 valence electrons. The minimum Gasteiger partial charge on any atom is -0.444 e. The number of halogens is 2. The fourth-order valence-corrected chi connectivity index (χ4v) is 2.41. The second kappa shape index (κ2) is 7.66. The van der Waals surface area contributed by atoms with Crippen LogP contribution in [0.25, 0.3) is 0 Å². The smallest absolute Gasteiger partial charge is 0.408 e. The number of amides is 1. The van der Waals surface area contributed by atoms with Crippen LogP contribution in [0.2, 0.25) is 5.02 Å². The summed E-state index contributed by atoms with van der Waals surface area (Å²) in [5, 5.41) is 6.88. The molecule has 0 aromatic heterocycles. The summed E-state index contributed by atoms with van der Waals surface area (Å²) in [7, 11) is 0. The molecule has 0 aliphatic heterocycles. The average molecular weight is 392 g/mol. The SMILES string of the molecule is CC(C)(CNCc1cc(Br)ccc1Cl)NC(=O)OC(C)(C)C. The summed E-state index contributed by atoms with van der Waals surface area (Å²) in [6.07, 6.45) is -0.417. The third-order valence-corrected chi connectivity index (χ3v) is 3.59. The molecule has 0 radical (unpaired) electrons. The highest BCUT2D eigenvalue weighted by molar-refractivity contribution is 9.10. The molecule has 2 N–H and O–H groups in total. The van der Waals surface area contributed by atoms with Gasteiger partial charge in [-0.1, -0.05) is 27.5 Å². The van der Waals surface area contributed by atoms with E-state index in [4.69, 9.17) is 16.3 Å². The molecule has 22 heavy (non-hydrogen) atoms. The van der Waals surface area contributed by atoms with Crippen LogP contribution in [0, 0.1) is 0 Å². The summed E-state index contributed by atoms with van der Waals surface area (Å²) in [5.74, 6) is 0. The first-order valence-electron chi connectivity index (χ1n) is 7.14. The summed E-state index contributed by atoms with van der Waals surface area (Å²) >= 11 is 9.58. The number of benzene rings is 1. The number of rotatable bonds is 5. The van der Waals surface area contributed by atoms with Gasteiger partial charge in [0, 0.05) is 22.6 Å². The van der Waals surface area contributed by atoms with E-state index in [1.165, 1.54) is 0 Å². The van der Waals surface area contributed by atoms with Gasteiger partial charge < -0.3 is 15.4 Å². The van der Waals surface area contributed by atoms with Crippen LogP contribution in [0.1, 0.15) is 40.2 Å². The van der Waals surface area contributed by atoms with Gasteiger partial charge in [-0.2, -0.15) is 0 Å². The van der Waals surface area contributed by atoms with Gasteiger partial charge in [-0.15, -0.1) is 0 Å². The zero-order valence-electron chi connectivity index (χ0n) is 13.7. The predicted molar refractivity (Wildman–Crippen MR) is 94.3 cm³/mol. The van der Waals surface area contributed by atoms with Gasteiger partial charge in [-0.25, -0.2) is 4.79 Å². The van der Waals surface area contributed by atoms with E-state index in [0.717, 1.165) is 10.0 Å². The summed E-state index contributed by atoms with van der Waals surface area (Å²) in [4.78, 5) is 11.8. The molecule has 4 nitrogen and oxygen atoms in total. The van der Waals surface area contributed by atoms with Gasteiger partial charge in [0.25, 0.3) is 0 Å². The molecule has 0 atom stereocenters. The van der Waals surface area contributed by atoms with Crippen molar-refractivity contribution in [2.75, 3.05) is 6.54 Å². The predicted octanol–water partition coefficient (Wildman–Crippen LogP) is 4.50. The van der Waals surface area contributed by atoms with Gasteiger partial charge in [-0.05, 0) is 58.4 Å². The normalized spacial score (nSPS) is 12.1. The second-order valence-corrected chi connectivity index (χ2v) is 8.17. The van der Waals surface area contributed by atoms with Crippen LogP contribution in [-0.2, 0) is 11.3 Å². The number of hydrogen-bond donors (Lipinski definition) is 2. The lowest BCUT2D eigenvalue weighted by Crippen LogP contribution is -2.51. The lowest BCUT2D eigenvalue weighted by atomic mass is 10.1. The van der Waals surface area contributed by atoms with Crippen molar-refractivity contribution in [2.45, 2.75) is 52.3 Å². The van der Waals surface area contributed by atoms with Gasteiger partial charge in [0.15, 0.2) is 0 Å². The van der Waals surface area contributed by atoms with E-state index in [1.807, 2.05) is 52.8 Å². The minimum absolute atomic E-state index is 0.417. The molecule has 0 spiro atoms. The molecule has 6 heteroatoms. The quantitative estimate of drug-likeness (QED) is 0.777. The first-order chi connectivity index (χ1) is 9.98. The highest BCUT2D eigenvalue weighted by atomic mass is 79.9. The van der Waals surface area contributed by atoms with E-state index in [2.05, 4.69) is 26.6 Å².